The van der Waals surface area contributed by atoms with Crippen molar-refractivity contribution in [3.8, 4) is 0 Å². The zero-order valence-electron chi connectivity index (χ0n) is 28.8. The number of ketones is 1. The molecule has 1 aliphatic heterocycles. The van der Waals surface area contributed by atoms with Crippen molar-refractivity contribution in [2.24, 2.45) is 39.9 Å². The standard InChI is InChI=1S/C36H56N4O6/c1-8-13-24(28(41)30(43)37-18-9-2)38-29(42)27-25-23(35(25,5)6)20-40(27)31(44)26(21-14-11-10-12-15-21)39-33(45)46-32-34(3,4)22-16-17-36(32,7)19-22/h9,21-27,32H,2,8,10-20H2,1,3-7H3,(H,37,43)(H,38,42)(H,39,45)/t22?,23?,24?,25?,26?,27-,32?,36?/m0/s1. The van der Waals surface area contributed by atoms with Gasteiger partial charge in [0.1, 0.15) is 18.2 Å². The lowest BCUT2D eigenvalue weighted by Crippen LogP contribution is -2.60. The number of carbonyl (C=O) groups is 5. The Hall–Kier alpha value is -2.91. The summed E-state index contributed by atoms with van der Waals surface area (Å²) in [5.74, 6) is -1.62. The van der Waals surface area contributed by atoms with Crippen molar-refractivity contribution < 1.29 is 28.7 Å². The minimum atomic E-state index is -0.992. The highest BCUT2D eigenvalue weighted by molar-refractivity contribution is 6.38. The second kappa shape index (κ2) is 12.9. The fraction of sp³-hybridized carbons (Fsp3) is 0.806. The van der Waals surface area contributed by atoms with Crippen LogP contribution in [-0.2, 0) is 23.9 Å². The minimum absolute atomic E-state index is 0.0472. The van der Waals surface area contributed by atoms with Crippen LogP contribution in [0.3, 0.4) is 0 Å². The summed E-state index contributed by atoms with van der Waals surface area (Å²) in [6, 6.07) is -2.58. The van der Waals surface area contributed by atoms with Crippen LogP contribution in [-0.4, -0.2) is 71.8 Å². The number of amides is 4. The summed E-state index contributed by atoms with van der Waals surface area (Å²) < 4.78 is 6.21. The van der Waals surface area contributed by atoms with Gasteiger partial charge in [0.2, 0.25) is 17.6 Å². The van der Waals surface area contributed by atoms with Gasteiger partial charge in [-0.05, 0) is 67.6 Å². The summed E-state index contributed by atoms with van der Waals surface area (Å²) in [5.41, 5.74) is -0.329. The molecule has 0 aromatic rings. The topological polar surface area (TPSA) is 134 Å². The molecule has 10 heteroatoms. The normalized spacial score (nSPS) is 33.3. The number of hydrogen-bond donors (Lipinski definition) is 3. The van der Waals surface area contributed by atoms with Crippen molar-refractivity contribution in [1.82, 2.24) is 20.9 Å². The van der Waals surface area contributed by atoms with E-state index in [1.807, 2.05) is 6.92 Å². The molecule has 2 bridgehead atoms. The summed E-state index contributed by atoms with van der Waals surface area (Å²) >= 11 is 0. The lowest BCUT2D eigenvalue weighted by Gasteiger charge is -2.42. The zero-order chi connectivity index (χ0) is 33.6. The Bertz CT molecular complexity index is 1240. The van der Waals surface area contributed by atoms with Gasteiger partial charge >= 0.3 is 6.09 Å². The van der Waals surface area contributed by atoms with E-state index in [0.717, 1.165) is 51.4 Å². The highest BCUT2D eigenvalue weighted by atomic mass is 16.6. The quantitative estimate of drug-likeness (QED) is 0.212. The van der Waals surface area contributed by atoms with Crippen LogP contribution in [0.5, 0.6) is 0 Å². The zero-order valence-corrected chi connectivity index (χ0v) is 28.8. The SMILES string of the molecule is C=CCNC(=O)C(=O)C(CCC)NC(=O)[C@@H]1C2C(CN1C(=O)C(NC(=O)OC1C3(C)CCC(C3)C1(C)C)C1CCCCC1)C2(C)C. The molecule has 5 aliphatic rings. The van der Waals surface area contributed by atoms with Crippen LogP contribution in [0.15, 0.2) is 12.7 Å². The number of ether oxygens (including phenoxy) is 1. The number of hydrogen-bond acceptors (Lipinski definition) is 6. The van der Waals surface area contributed by atoms with E-state index in [2.05, 4.69) is 57.1 Å². The maximum absolute atomic E-state index is 14.5. The molecule has 4 saturated carbocycles. The van der Waals surface area contributed by atoms with E-state index in [-0.39, 0.29) is 52.6 Å². The third-order valence-corrected chi connectivity index (χ3v) is 12.6. The van der Waals surface area contributed by atoms with Crippen molar-refractivity contribution in [1.29, 1.82) is 0 Å². The number of piperidine rings is 1. The Kier molecular flexibility index (Phi) is 9.69. The average Bonchev–Trinajstić information content (AvgIpc) is 3.40. The number of nitrogens with one attached hydrogen (secondary N) is 3. The van der Waals surface area contributed by atoms with Gasteiger partial charge in [-0.25, -0.2) is 4.79 Å². The van der Waals surface area contributed by atoms with Crippen LogP contribution in [0.1, 0.15) is 106 Å². The Labute approximate surface area is 274 Å². The lowest BCUT2D eigenvalue weighted by molar-refractivity contribution is -0.145. The molecule has 5 rings (SSSR count). The number of Topliss-reactive ketones (excluding diaryl/α,β-unsaturated/α-hetero) is 1. The van der Waals surface area contributed by atoms with Crippen molar-refractivity contribution in [2.75, 3.05) is 13.1 Å². The summed E-state index contributed by atoms with van der Waals surface area (Å²) in [4.78, 5) is 69.3. The van der Waals surface area contributed by atoms with Gasteiger partial charge in [0, 0.05) is 23.9 Å². The first kappa shape index (κ1) is 34.4. The van der Waals surface area contributed by atoms with E-state index in [4.69, 9.17) is 4.74 Å². The predicted octanol–water partition coefficient (Wildman–Crippen LogP) is 4.52. The number of carbonyl (C=O) groups excluding carboxylic acids is 5. The Morgan fingerprint density at radius 3 is 2.28 bits per heavy atom. The molecule has 7 unspecified atom stereocenters. The predicted molar refractivity (Wildman–Crippen MR) is 174 cm³/mol. The Morgan fingerprint density at radius 2 is 1.67 bits per heavy atom. The number of rotatable bonds is 12. The molecule has 4 aliphatic carbocycles. The molecule has 5 fully saturated rings. The van der Waals surface area contributed by atoms with E-state index < -0.39 is 41.8 Å². The lowest BCUT2D eigenvalue weighted by atomic mass is 9.70. The number of fused-ring (bicyclic) bond motifs is 3. The molecule has 0 aromatic heterocycles. The second-order valence-electron chi connectivity index (χ2n) is 16.3. The smallest absolute Gasteiger partial charge is 0.408 e. The third kappa shape index (κ3) is 6.21. The van der Waals surface area contributed by atoms with Gasteiger partial charge in [-0.2, -0.15) is 0 Å². The van der Waals surface area contributed by atoms with Gasteiger partial charge < -0.3 is 25.6 Å². The molecule has 10 nitrogen and oxygen atoms in total. The monoisotopic (exact) mass is 640 g/mol. The van der Waals surface area contributed by atoms with Crippen LogP contribution < -0.4 is 16.0 Å². The highest BCUT2D eigenvalue weighted by Crippen LogP contribution is 2.65. The van der Waals surface area contributed by atoms with Crippen LogP contribution in [0, 0.1) is 39.9 Å². The highest BCUT2D eigenvalue weighted by Gasteiger charge is 2.70. The van der Waals surface area contributed by atoms with E-state index in [9.17, 15) is 24.0 Å². The largest absolute Gasteiger partial charge is 0.445 e. The second-order valence-corrected chi connectivity index (χ2v) is 16.3. The van der Waals surface area contributed by atoms with Crippen molar-refractivity contribution in [2.45, 2.75) is 130 Å². The molecular formula is C36H56N4O6. The van der Waals surface area contributed by atoms with E-state index >= 15 is 0 Å². The third-order valence-electron chi connectivity index (χ3n) is 12.6. The number of likely N-dealkylation sites (tertiary alicyclic amines) is 1. The van der Waals surface area contributed by atoms with Gasteiger partial charge in [-0.15, -0.1) is 6.58 Å². The fourth-order valence-corrected chi connectivity index (χ4v) is 9.88. The van der Waals surface area contributed by atoms with E-state index in [1.54, 1.807) is 4.90 Å². The van der Waals surface area contributed by atoms with Gasteiger partial charge in [0.05, 0.1) is 6.04 Å². The van der Waals surface area contributed by atoms with Crippen molar-refractivity contribution in [3.63, 3.8) is 0 Å². The van der Waals surface area contributed by atoms with Gasteiger partial charge in [0.15, 0.2) is 0 Å². The maximum Gasteiger partial charge on any atom is 0.408 e. The summed E-state index contributed by atoms with van der Waals surface area (Å²) in [6.07, 6.45) is 9.53. The molecule has 256 valence electrons. The van der Waals surface area contributed by atoms with Gasteiger partial charge in [-0.3, -0.25) is 19.2 Å². The first-order valence-electron chi connectivity index (χ1n) is 17.7. The Balaban J connectivity index is 1.35. The van der Waals surface area contributed by atoms with Crippen molar-refractivity contribution >= 4 is 29.6 Å². The molecule has 8 atom stereocenters. The molecule has 1 saturated heterocycles. The molecule has 0 radical (unpaired) electrons. The van der Waals surface area contributed by atoms with Gasteiger partial charge in [-0.1, -0.05) is 73.3 Å². The first-order chi connectivity index (χ1) is 21.7. The molecular weight excluding hydrogens is 584 g/mol. The summed E-state index contributed by atoms with van der Waals surface area (Å²) in [5, 5.41) is 8.39. The molecule has 1 heterocycles. The molecule has 46 heavy (non-hydrogen) atoms. The molecule has 0 spiro atoms. The molecule has 4 amide bonds. The number of nitrogens with zero attached hydrogens (tertiary/aromatic N) is 1. The van der Waals surface area contributed by atoms with E-state index in [0.29, 0.717) is 25.3 Å². The maximum atomic E-state index is 14.5. The number of alkyl carbamates (subject to hydrolysis) is 1. The van der Waals surface area contributed by atoms with Crippen LogP contribution in [0.25, 0.3) is 0 Å². The summed E-state index contributed by atoms with van der Waals surface area (Å²) in [6.45, 7) is 16.8. The molecule has 3 N–H and O–H groups in total. The van der Waals surface area contributed by atoms with Crippen LogP contribution >= 0.6 is 0 Å². The van der Waals surface area contributed by atoms with Crippen LogP contribution in [0.4, 0.5) is 4.79 Å². The average molecular weight is 641 g/mol. The first-order valence-corrected chi connectivity index (χ1v) is 17.7. The summed E-state index contributed by atoms with van der Waals surface area (Å²) in [7, 11) is 0. The van der Waals surface area contributed by atoms with E-state index in [1.165, 1.54) is 6.08 Å². The van der Waals surface area contributed by atoms with Crippen LogP contribution in [0.2, 0.25) is 0 Å². The molecule has 0 aromatic carbocycles. The van der Waals surface area contributed by atoms with Crippen molar-refractivity contribution in [3.05, 3.63) is 12.7 Å². The minimum Gasteiger partial charge on any atom is -0.445 e. The van der Waals surface area contributed by atoms with Gasteiger partial charge in [0.25, 0.3) is 5.91 Å². The Morgan fingerprint density at radius 1 is 0.978 bits per heavy atom. The fourth-order valence-electron chi connectivity index (χ4n) is 9.88.